The molecule has 4 rings (SSSR count). The number of nitrogens with one attached hydrogen (secondary N) is 1. The average Bonchev–Trinajstić information content (AvgIpc) is 3.29. The van der Waals surface area contributed by atoms with Gasteiger partial charge in [-0.2, -0.15) is 9.61 Å². The maximum absolute atomic E-state index is 12.3. The van der Waals surface area contributed by atoms with Crippen molar-refractivity contribution in [3.05, 3.63) is 42.1 Å². The number of sulfonamides is 1. The van der Waals surface area contributed by atoms with E-state index in [1.807, 2.05) is 38.1 Å². The number of aryl methyl sites for hydroxylation is 1. The highest BCUT2D eigenvalue weighted by atomic mass is 32.2. The molecule has 1 N–H and O–H groups in total. The van der Waals surface area contributed by atoms with Crippen molar-refractivity contribution >= 4 is 26.4 Å². The van der Waals surface area contributed by atoms with Crippen LogP contribution >= 0.6 is 0 Å². The second kappa shape index (κ2) is 6.75. The molecule has 0 aliphatic heterocycles. The Hall–Kier alpha value is -2.78. The Kier molecular flexibility index (Phi) is 4.40. The molecule has 0 fully saturated rings. The van der Waals surface area contributed by atoms with Gasteiger partial charge in [0, 0.05) is 17.3 Å². The third kappa shape index (κ3) is 3.08. The lowest BCUT2D eigenvalue weighted by Gasteiger charge is -2.04. The van der Waals surface area contributed by atoms with Gasteiger partial charge >= 0.3 is 0 Å². The lowest BCUT2D eigenvalue weighted by atomic mass is 10.1. The van der Waals surface area contributed by atoms with Crippen LogP contribution in [0.5, 0.6) is 0 Å². The third-order valence-corrected chi connectivity index (χ3v) is 5.67. The summed E-state index contributed by atoms with van der Waals surface area (Å²) in [6, 6.07) is 10.8. The number of aromatic nitrogens is 4. The third-order valence-electron chi connectivity index (χ3n) is 4.34. The Morgan fingerprint density at radius 2 is 1.89 bits per heavy atom. The van der Waals surface area contributed by atoms with Crippen LogP contribution in [0.25, 0.3) is 28.0 Å². The van der Waals surface area contributed by atoms with Crippen molar-refractivity contribution in [2.75, 3.05) is 6.54 Å². The molecule has 1 aromatic carbocycles. The van der Waals surface area contributed by atoms with Crippen LogP contribution in [-0.4, -0.2) is 34.8 Å². The molecule has 0 unspecified atom stereocenters. The van der Waals surface area contributed by atoms with E-state index >= 15 is 0 Å². The molecule has 4 aromatic rings. The number of nitrogens with zero attached hydrogens (tertiary/aromatic N) is 4. The zero-order chi connectivity index (χ0) is 19.0. The second-order valence-electron chi connectivity index (χ2n) is 6.26. The number of unbranched alkanes of at least 4 members (excludes halogenated alkanes) is 1. The summed E-state index contributed by atoms with van der Waals surface area (Å²) >= 11 is 0. The van der Waals surface area contributed by atoms with Gasteiger partial charge in [0.05, 0.1) is 5.69 Å². The summed E-state index contributed by atoms with van der Waals surface area (Å²) in [5, 5.41) is 14.7. The number of hydrogen-bond acceptors (Lipinski definition) is 6. The summed E-state index contributed by atoms with van der Waals surface area (Å²) in [4.78, 5) is 0. The van der Waals surface area contributed by atoms with E-state index in [0.29, 0.717) is 23.8 Å². The first-order valence-corrected chi connectivity index (χ1v) is 10.2. The van der Waals surface area contributed by atoms with Crippen molar-refractivity contribution in [3.63, 3.8) is 0 Å². The number of fused-ring (bicyclic) bond motifs is 3. The summed E-state index contributed by atoms with van der Waals surface area (Å²) in [6.45, 7) is 4.27. The molecule has 3 heterocycles. The molecule has 0 spiro atoms. The fraction of sp³-hybridized carbons (Fsp3) is 0.278. The predicted octanol–water partition coefficient (Wildman–Crippen LogP) is 2.92. The van der Waals surface area contributed by atoms with Gasteiger partial charge in [0.1, 0.15) is 0 Å². The Bertz CT molecular complexity index is 1230. The minimum Gasteiger partial charge on any atom is -0.440 e. The summed E-state index contributed by atoms with van der Waals surface area (Å²) in [5.41, 5.74) is 1.41. The molecule has 0 saturated carbocycles. The SMILES string of the molecule is CCCCNS(=O)(=O)c1ccc(-c2nnc3c4ccccc4c(C)nn23)o1. The van der Waals surface area contributed by atoms with Gasteiger partial charge in [0.15, 0.2) is 11.4 Å². The number of hydrogen-bond donors (Lipinski definition) is 1. The van der Waals surface area contributed by atoms with E-state index in [1.165, 1.54) is 6.07 Å². The number of rotatable bonds is 6. The first kappa shape index (κ1) is 17.6. The van der Waals surface area contributed by atoms with E-state index in [1.54, 1.807) is 10.6 Å². The van der Waals surface area contributed by atoms with E-state index in [9.17, 15) is 8.42 Å². The fourth-order valence-electron chi connectivity index (χ4n) is 2.93. The van der Waals surface area contributed by atoms with Gasteiger partial charge in [0.2, 0.25) is 10.9 Å². The first-order valence-electron chi connectivity index (χ1n) is 8.72. The molecule has 0 radical (unpaired) electrons. The zero-order valence-corrected chi connectivity index (χ0v) is 15.8. The topological polar surface area (TPSA) is 102 Å². The smallest absolute Gasteiger partial charge is 0.273 e. The minimum atomic E-state index is -3.69. The van der Waals surface area contributed by atoms with Crippen molar-refractivity contribution in [1.82, 2.24) is 24.5 Å². The van der Waals surface area contributed by atoms with Crippen LogP contribution in [0.1, 0.15) is 25.5 Å². The van der Waals surface area contributed by atoms with Crippen molar-refractivity contribution in [2.45, 2.75) is 31.8 Å². The van der Waals surface area contributed by atoms with Crippen LogP contribution in [-0.2, 0) is 10.0 Å². The molecule has 0 amide bonds. The summed E-state index contributed by atoms with van der Waals surface area (Å²) in [7, 11) is -3.69. The molecule has 9 heteroatoms. The summed E-state index contributed by atoms with van der Waals surface area (Å²) < 4.78 is 34.3. The van der Waals surface area contributed by atoms with Crippen molar-refractivity contribution in [1.29, 1.82) is 0 Å². The maximum Gasteiger partial charge on any atom is 0.273 e. The molecule has 0 atom stereocenters. The predicted molar refractivity (Wildman–Crippen MR) is 101 cm³/mol. The van der Waals surface area contributed by atoms with Crippen LogP contribution in [0.4, 0.5) is 0 Å². The summed E-state index contributed by atoms with van der Waals surface area (Å²) in [5.74, 6) is 0.648. The van der Waals surface area contributed by atoms with E-state index in [-0.39, 0.29) is 5.09 Å². The van der Waals surface area contributed by atoms with E-state index in [2.05, 4.69) is 20.0 Å². The highest BCUT2D eigenvalue weighted by Crippen LogP contribution is 2.26. The van der Waals surface area contributed by atoms with Gasteiger partial charge in [-0.3, -0.25) is 0 Å². The number of benzene rings is 1. The molecule has 0 saturated heterocycles. The van der Waals surface area contributed by atoms with Gasteiger partial charge in [0.25, 0.3) is 10.0 Å². The Balaban J connectivity index is 1.77. The highest BCUT2D eigenvalue weighted by Gasteiger charge is 2.22. The van der Waals surface area contributed by atoms with Crippen molar-refractivity contribution in [3.8, 4) is 11.6 Å². The molecule has 27 heavy (non-hydrogen) atoms. The van der Waals surface area contributed by atoms with E-state index in [0.717, 1.165) is 29.3 Å². The van der Waals surface area contributed by atoms with Gasteiger partial charge < -0.3 is 4.42 Å². The quantitative estimate of drug-likeness (QED) is 0.512. The maximum atomic E-state index is 12.3. The van der Waals surface area contributed by atoms with Crippen LogP contribution in [0.15, 0.2) is 45.9 Å². The largest absolute Gasteiger partial charge is 0.440 e. The van der Waals surface area contributed by atoms with Gasteiger partial charge in [-0.1, -0.05) is 37.6 Å². The monoisotopic (exact) mass is 385 g/mol. The van der Waals surface area contributed by atoms with Crippen LogP contribution in [0.3, 0.4) is 0 Å². The highest BCUT2D eigenvalue weighted by molar-refractivity contribution is 7.89. The van der Waals surface area contributed by atoms with Gasteiger partial charge in [-0.05, 0) is 25.5 Å². The molecule has 3 aromatic heterocycles. The van der Waals surface area contributed by atoms with Gasteiger partial charge in [-0.25, -0.2) is 13.1 Å². The molecule has 0 aliphatic carbocycles. The lowest BCUT2D eigenvalue weighted by Crippen LogP contribution is -2.24. The van der Waals surface area contributed by atoms with Crippen LogP contribution in [0, 0.1) is 6.92 Å². The van der Waals surface area contributed by atoms with Crippen LogP contribution < -0.4 is 4.72 Å². The lowest BCUT2D eigenvalue weighted by molar-refractivity contribution is 0.452. The molecule has 0 aliphatic rings. The Morgan fingerprint density at radius 3 is 2.67 bits per heavy atom. The number of furan rings is 1. The normalized spacial score (nSPS) is 12.2. The van der Waals surface area contributed by atoms with Crippen molar-refractivity contribution in [2.24, 2.45) is 0 Å². The Morgan fingerprint density at radius 1 is 1.11 bits per heavy atom. The Labute approximate surface area is 156 Å². The van der Waals surface area contributed by atoms with Crippen molar-refractivity contribution < 1.29 is 12.8 Å². The zero-order valence-electron chi connectivity index (χ0n) is 15.0. The summed E-state index contributed by atoms with van der Waals surface area (Å²) in [6.07, 6.45) is 1.66. The molecule has 140 valence electrons. The molecular formula is C18H19N5O3S. The second-order valence-corrected chi connectivity index (χ2v) is 7.96. The molecule has 0 bridgehead atoms. The fourth-order valence-corrected chi connectivity index (χ4v) is 3.93. The van der Waals surface area contributed by atoms with Gasteiger partial charge in [-0.15, -0.1) is 10.2 Å². The van der Waals surface area contributed by atoms with E-state index in [4.69, 9.17) is 4.42 Å². The average molecular weight is 385 g/mol. The standard InChI is InChI=1S/C18H19N5O3S/c1-3-4-11-19-27(24,25)16-10-9-15(26-16)18-21-20-17-14-8-6-5-7-13(14)12(2)22-23(17)18/h5-10,19H,3-4,11H2,1-2H3. The minimum absolute atomic E-state index is 0.150. The van der Waals surface area contributed by atoms with Crippen LogP contribution in [0.2, 0.25) is 0 Å². The molecular weight excluding hydrogens is 366 g/mol. The van der Waals surface area contributed by atoms with E-state index < -0.39 is 10.0 Å². The first-order chi connectivity index (χ1) is 13.0. The molecule has 8 nitrogen and oxygen atoms in total.